The molecule has 1 spiro atoms. The molecule has 224 valence electrons. The fourth-order valence-corrected chi connectivity index (χ4v) is 7.40. The number of nitrogens with one attached hydrogen (secondary N) is 2. The average molecular weight is 591 g/mol. The molecule has 2 heterocycles. The smallest absolute Gasteiger partial charge is 0.246 e. The molecule has 42 heavy (non-hydrogen) atoms. The zero-order valence-corrected chi connectivity index (χ0v) is 25.2. The van der Waals surface area contributed by atoms with E-state index < -0.39 is 21.6 Å². The van der Waals surface area contributed by atoms with Gasteiger partial charge in [-0.05, 0) is 73.4 Å². The molecule has 8 nitrogen and oxygen atoms in total. The highest BCUT2D eigenvalue weighted by Gasteiger charge is 2.53. The number of piperazine rings is 1. The van der Waals surface area contributed by atoms with E-state index in [1.807, 2.05) is 48.2 Å². The van der Waals surface area contributed by atoms with Crippen LogP contribution in [0.2, 0.25) is 0 Å². The topological polar surface area (TPSA) is 98.8 Å². The van der Waals surface area contributed by atoms with Gasteiger partial charge in [-0.25, -0.2) is 13.1 Å². The number of rotatable bonds is 12. The molecule has 0 bridgehead atoms. The fraction of sp³-hybridized carbons (Fsp3) is 0.455. The predicted octanol–water partition coefficient (Wildman–Crippen LogP) is 4.10. The van der Waals surface area contributed by atoms with Crippen LogP contribution in [-0.2, 0) is 26.0 Å². The first-order chi connectivity index (χ1) is 20.3. The Hall–Kier alpha value is -3.27. The van der Waals surface area contributed by atoms with Crippen LogP contribution in [0.1, 0.15) is 51.0 Å². The first-order valence-electron chi connectivity index (χ1n) is 15.2. The lowest BCUT2D eigenvalue weighted by molar-refractivity contribution is -0.161. The fourth-order valence-electron chi connectivity index (χ4n) is 6.29. The van der Waals surface area contributed by atoms with E-state index in [0.717, 1.165) is 43.2 Å². The second-order valence-corrected chi connectivity index (χ2v) is 13.3. The zero-order valence-electron chi connectivity index (χ0n) is 24.4. The summed E-state index contributed by atoms with van der Waals surface area (Å²) in [5.41, 5.74) is 0.530. The summed E-state index contributed by atoms with van der Waals surface area (Å²) >= 11 is 0. The van der Waals surface area contributed by atoms with Crippen molar-refractivity contribution < 1.29 is 18.0 Å². The van der Waals surface area contributed by atoms with Crippen LogP contribution < -0.4 is 10.0 Å². The van der Waals surface area contributed by atoms with Gasteiger partial charge in [-0.1, -0.05) is 67.6 Å². The summed E-state index contributed by atoms with van der Waals surface area (Å²) in [7, 11) is -3.63. The summed E-state index contributed by atoms with van der Waals surface area (Å²) in [4.78, 5) is 31.7. The van der Waals surface area contributed by atoms with Crippen LogP contribution in [0.15, 0.2) is 77.7 Å². The molecule has 0 saturated carbocycles. The number of hydrogen-bond donors (Lipinski definition) is 2. The van der Waals surface area contributed by atoms with E-state index in [1.54, 1.807) is 12.1 Å². The number of nitrogens with zero attached hydrogens (tertiary/aromatic N) is 2. The lowest BCUT2D eigenvalue weighted by atomic mass is 9.81. The molecule has 2 amide bonds. The number of sulfonamides is 1. The van der Waals surface area contributed by atoms with E-state index in [4.69, 9.17) is 0 Å². The predicted molar refractivity (Wildman–Crippen MR) is 165 cm³/mol. The molecule has 9 heteroatoms. The summed E-state index contributed by atoms with van der Waals surface area (Å²) in [6, 6.07) is 22.6. The van der Waals surface area contributed by atoms with Crippen molar-refractivity contribution in [2.45, 2.75) is 68.3 Å². The Kier molecular flexibility index (Phi) is 9.60. The van der Waals surface area contributed by atoms with Gasteiger partial charge in [0.1, 0.15) is 11.6 Å². The minimum absolute atomic E-state index is 0.00840. The standard InChI is InChI=1S/C33H42N4O4S/c1-2-21-37-31(38)30(14-8-9-20-34-42(40,41)29-16-15-27-12-6-7-13-28(27)25-29)35-32(39)33(37)18-23-36(24-19-33)22-17-26-10-4-3-5-11-26/h3-7,10-13,15-16,25,30,34H,2,8-9,14,17-24H2,1H3,(H,35,39)/t30-/m0/s1. The third-order valence-corrected chi connectivity index (χ3v) is 10.2. The Morgan fingerprint density at radius 3 is 2.36 bits per heavy atom. The van der Waals surface area contributed by atoms with Crippen LogP contribution in [0.25, 0.3) is 10.8 Å². The average Bonchev–Trinajstić information content (AvgIpc) is 3.01. The van der Waals surface area contributed by atoms with Crippen LogP contribution in [0.4, 0.5) is 0 Å². The number of carbonyl (C=O) groups is 2. The molecule has 1 atom stereocenters. The van der Waals surface area contributed by atoms with Crippen molar-refractivity contribution >= 4 is 32.6 Å². The number of carbonyl (C=O) groups excluding carboxylic acids is 2. The number of piperidine rings is 1. The summed E-state index contributed by atoms with van der Waals surface area (Å²) in [5.74, 6) is -0.0498. The van der Waals surface area contributed by atoms with Crippen molar-refractivity contribution in [2.75, 3.05) is 32.7 Å². The van der Waals surface area contributed by atoms with Crippen molar-refractivity contribution in [3.8, 4) is 0 Å². The second kappa shape index (κ2) is 13.4. The third kappa shape index (κ3) is 6.69. The minimum atomic E-state index is -3.63. The van der Waals surface area contributed by atoms with Gasteiger partial charge in [0.25, 0.3) is 0 Å². The van der Waals surface area contributed by atoms with Gasteiger partial charge >= 0.3 is 0 Å². The summed E-state index contributed by atoms with van der Waals surface area (Å²) in [5, 5.41) is 4.91. The van der Waals surface area contributed by atoms with Gasteiger partial charge in [0.2, 0.25) is 21.8 Å². The van der Waals surface area contributed by atoms with Crippen LogP contribution in [-0.4, -0.2) is 74.3 Å². The normalized spacial score (nSPS) is 19.4. The van der Waals surface area contributed by atoms with E-state index >= 15 is 0 Å². The molecule has 3 aromatic rings. The van der Waals surface area contributed by atoms with Gasteiger partial charge in [0, 0.05) is 32.7 Å². The van der Waals surface area contributed by atoms with E-state index in [9.17, 15) is 18.0 Å². The molecule has 3 aromatic carbocycles. The van der Waals surface area contributed by atoms with Crippen molar-refractivity contribution in [1.82, 2.24) is 19.8 Å². The SMILES string of the molecule is CCCN1C(=O)[C@H](CCCCNS(=O)(=O)c2ccc3ccccc3c2)NC(=O)C12CCN(CCc1ccccc1)CC2. The Balaban J connectivity index is 1.11. The molecule has 2 aliphatic rings. The van der Waals surface area contributed by atoms with Gasteiger partial charge in [-0.2, -0.15) is 0 Å². The Morgan fingerprint density at radius 2 is 1.62 bits per heavy atom. The number of benzene rings is 3. The number of hydrogen-bond acceptors (Lipinski definition) is 5. The van der Waals surface area contributed by atoms with E-state index in [-0.39, 0.29) is 23.3 Å². The quantitative estimate of drug-likeness (QED) is 0.310. The highest BCUT2D eigenvalue weighted by molar-refractivity contribution is 7.89. The molecule has 2 N–H and O–H groups in total. The molecule has 0 aliphatic carbocycles. The Labute approximate surface area is 249 Å². The van der Waals surface area contributed by atoms with E-state index in [0.29, 0.717) is 38.6 Å². The summed E-state index contributed by atoms with van der Waals surface area (Å²) in [6.45, 7) is 5.39. The van der Waals surface area contributed by atoms with Gasteiger partial charge in [-0.3, -0.25) is 9.59 Å². The minimum Gasteiger partial charge on any atom is -0.342 e. The molecular formula is C33H42N4O4S. The lowest BCUT2D eigenvalue weighted by Crippen LogP contribution is -2.72. The summed E-state index contributed by atoms with van der Waals surface area (Å²) < 4.78 is 28.3. The Bertz CT molecular complexity index is 1490. The van der Waals surface area contributed by atoms with Crippen LogP contribution >= 0.6 is 0 Å². The first-order valence-corrected chi connectivity index (χ1v) is 16.7. The lowest BCUT2D eigenvalue weighted by Gasteiger charge is -2.51. The molecule has 0 unspecified atom stereocenters. The van der Waals surface area contributed by atoms with Gasteiger partial charge < -0.3 is 15.1 Å². The zero-order chi connectivity index (χ0) is 29.6. The Morgan fingerprint density at radius 1 is 0.905 bits per heavy atom. The summed E-state index contributed by atoms with van der Waals surface area (Å²) in [6.07, 6.45) is 4.73. The van der Waals surface area contributed by atoms with Crippen molar-refractivity contribution in [1.29, 1.82) is 0 Å². The van der Waals surface area contributed by atoms with E-state index in [1.165, 1.54) is 5.56 Å². The first kappa shape index (κ1) is 30.2. The van der Waals surface area contributed by atoms with Crippen LogP contribution in [0, 0.1) is 0 Å². The second-order valence-electron chi connectivity index (χ2n) is 11.5. The number of amides is 2. The van der Waals surface area contributed by atoms with Crippen molar-refractivity contribution in [2.24, 2.45) is 0 Å². The van der Waals surface area contributed by atoms with E-state index in [2.05, 4.69) is 39.2 Å². The third-order valence-electron chi connectivity index (χ3n) is 8.74. The molecule has 2 fully saturated rings. The largest absolute Gasteiger partial charge is 0.342 e. The van der Waals surface area contributed by atoms with Crippen LogP contribution in [0.3, 0.4) is 0 Å². The molecule has 2 aliphatic heterocycles. The van der Waals surface area contributed by atoms with Crippen molar-refractivity contribution in [3.05, 3.63) is 78.4 Å². The van der Waals surface area contributed by atoms with Gasteiger partial charge in [0.05, 0.1) is 4.90 Å². The molecule has 2 saturated heterocycles. The van der Waals surface area contributed by atoms with Crippen LogP contribution in [0.5, 0.6) is 0 Å². The molecule has 0 aromatic heterocycles. The highest BCUT2D eigenvalue weighted by Crippen LogP contribution is 2.34. The monoisotopic (exact) mass is 590 g/mol. The number of likely N-dealkylation sites (tertiary alicyclic amines) is 1. The van der Waals surface area contributed by atoms with Gasteiger partial charge in [-0.15, -0.1) is 0 Å². The number of fused-ring (bicyclic) bond motifs is 1. The molecular weight excluding hydrogens is 548 g/mol. The molecule has 0 radical (unpaired) electrons. The maximum absolute atomic E-state index is 13.6. The molecule has 5 rings (SSSR count). The maximum atomic E-state index is 13.6. The number of unbranched alkanes of at least 4 members (excludes halogenated alkanes) is 1. The van der Waals surface area contributed by atoms with Gasteiger partial charge in [0.15, 0.2) is 0 Å². The highest BCUT2D eigenvalue weighted by atomic mass is 32.2. The maximum Gasteiger partial charge on any atom is 0.246 e. The van der Waals surface area contributed by atoms with Crippen molar-refractivity contribution in [3.63, 3.8) is 0 Å².